The maximum absolute atomic E-state index is 11.3. The number of carbonyl (C=O) groups excluding carboxylic acids is 1. The van der Waals surface area contributed by atoms with Gasteiger partial charge in [0.2, 0.25) is 0 Å². The van der Waals surface area contributed by atoms with Gasteiger partial charge in [-0.15, -0.1) is 11.3 Å². The SMILES string of the molecule is O=C(O)CCNC(=O)c1csc(I)c1. The molecule has 0 radical (unpaired) electrons. The third-order valence-corrected chi connectivity index (χ3v) is 3.24. The third-order valence-electron chi connectivity index (χ3n) is 1.45. The molecule has 0 aromatic carbocycles. The van der Waals surface area contributed by atoms with Gasteiger partial charge in [-0.25, -0.2) is 0 Å². The van der Waals surface area contributed by atoms with Crippen molar-refractivity contribution in [3.8, 4) is 0 Å². The molecule has 1 heterocycles. The molecule has 4 nitrogen and oxygen atoms in total. The van der Waals surface area contributed by atoms with Crippen LogP contribution < -0.4 is 5.32 Å². The molecule has 1 aromatic heterocycles. The van der Waals surface area contributed by atoms with Gasteiger partial charge in [0, 0.05) is 11.9 Å². The molecule has 0 aliphatic carbocycles. The number of hydrogen-bond acceptors (Lipinski definition) is 3. The topological polar surface area (TPSA) is 66.4 Å². The van der Waals surface area contributed by atoms with Crippen molar-refractivity contribution in [1.82, 2.24) is 5.32 Å². The van der Waals surface area contributed by atoms with Crippen molar-refractivity contribution in [3.05, 3.63) is 19.9 Å². The van der Waals surface area contributed by atoms with Gasteiger partial charge < -0.3 is 10.4 Å². The second kappa shape index (κ2) is 5.30. The molecule has 0 fully saturated rings. The summed E-state index contributed by atoms with van der Waals surface area (Å²) in [5.74, 6) is -1.13. The highest BCUT2D eigenvalue weighted by atomic mass is 127. The molecule has 0 aliphatic rings. The van der Waals surface area contributed by atoms with Gasteiger partial charge in [-0.2, -0.15) is 0 Å². The molecule has 0 aliphatic heterocycles. The Morgan fingerprint density at radius 1 is 1.57 bits per heavy atom. The maximum atomic E-state index is 11.3. The molecular formula is C8H8INO3S. The Bertz CT molecular complexity index is 350. The molecule has 0 saturated heterocycles. The first-order valence-electron chi connectivity index (χ1n) is 3.83. The highest BCUT2D eigenvalue weighted by Crippen LogP contribution is 2.16. The van der Waals surface area contributed by atoms with Gasteiger partial charge in [0.1, 0.15) is 0 Å². The van der Waals surface area contributed by atoms with Crippen molar-refractivity contribution < 1.29 is 14.7 Å². The quantitative estimate of drug-likeness (QED) is 0.826. The van der Waals surface area contributed by atoms with Crippen LogP contribution in [0.2, 0.25) is 0 Å². The van der Waals surface area contributed by atoms with Crippen molar-refractivity contribution in [2.24, 2.45) is 0 Å². The van der Waals surface area contributed by atoms with Gasteiger partial charge >= 0.3 is 5.97 Å². The lowest BCUT2D eigenvalue weighted by molar-refractivity contribution is -0.136. The molecule has 1 aromatic rings. The number of thiophene rings is 1. The molecule has 14 heavy (non-hydrogen) atoms. The van der Waals surface area contributed by atoms with E-state index in [1.54, 1.807) is 11.4 Å². The molecule has 0 saturated carbocycles. The summed E-state index contributed by atoms with van der Waals surface area (Å²) in [6.07, 6.45) is -0.0486. The van der Waals surface area contributed by atoms with E-state index in [1.165, 1.54) is 11.3 Å². The van der Waals surface area contributed by atoms with Crippen LogP contribution in [0.15, 0.2) is 11.4 Å². The van der Waals surface area contributed by atoms with Crippen LogP contribution in [-0.4, -0.2) is 23.5 Å². The normalized spacial score (nSPS) is 9.79. The van der Waals surface area contributed by atoms with Crippen LogP contribution in [0.4, 0.5) is 0 Å². The largest absolute Gasteiger partial charge is 0.481 e. The van der Waals surface area contributed by atoms with E-state index in [0.29, 0.717) is 5.56 Å². The number of nitrogens with one attached hydrogen (secondary N) is 1. The van der Waals surface area contributed by atoms with E-state index in [9.17, 15) is 9.59 Å². The molecular weight excluding hydrogens is 317 g/mol. The van der Waals surface area contributed by atoms with Crippen LogP contribution in [0.1, 0.15) is 16.8 Å². The zero-order valence-electron chi connectivity index (χ0n) is 7.12. The van der Waals surface area contributed by atoms with E-state index in [4.69, 9.17) is 5.11 Å². The minimum atomic E-state index is -0.912. The molecule has 0 bridgehead atoms. The first-order chi connectivity index (χ1) is 6.59. The zero-order valence-corrected chi connectivity index (χ0v) is 10.1. The Morgan fingerprint density at radius 2 is 2.29 bits per heavy atom. The van der Waals surface area contributed by atoms with Gasteiger partial charge in [-0.1, -0.05) is 0 Å². The summed E-state index contributed by atoms with van der Waals surface area (Å²) < 4.78 is 1.03. The van der Waals surface area contributed by atoms with Crippen molar-refractivity contribution in [2.45, 2.75) is 6.42 Å². The molecule has 6 heteroatoms. The van der Waals surface area contributed by atoms with E-state index >= 15 is 0 Å². The Kier molecular flexibility index (Phi) is 4.33. The average Bonchev–Trinajstić information content (AvgIpc) is 2.51. The first-order valence-corrected chi connectivity index (χ1v) is 5.79. The van der Waals surface area contributed by atoms with Crippen LogP contribution in [-0.2, 0) is 4.79 Å². The van der Waals surface area contributed by atoms with Gasteiger partial charge in [0.15, 0.2) is 0 Å². The fourth-order valence-corrected chi connectivity index (χ4v) is 2.14. The van der Waals surface area contributed by atoms with Crippen LogP contribution in [0, 0.1) is 2.88 Å². The van der Waals surface area contributed by atoms with Crippen LogP contribution in [0.3, 0.4) is 0 Å². The van der Waals surface area contributed by atoms with Gasteiger partial charge in [-0.3, -0.25) is 9.59 Å². The average molecular weight is 325 g/mol. The van der Waals surface area contributed by atoms with Crippen molar-refractivity contribution in [1.29, 1.82) is 0 Å². The Morgan fingerprint density at radius 3 is 2.79 bits per heavy atom. The number of carboxylic acid groups (broad SMARTS) is 1. The van der Waals surface area contributed by atoms with Gasteiger partial charge in [0.25, 0.3) is 5.91 Å². The van der Waals surface area contributed by atoms with E-state index < -0.39 is 5.97 Å². The lowest BCUT2D eigenvalue weighted by Gasteiger charge is -1.99. The van der Waals surface area contributed by atoms with E-state index in [0.717, 1.165) is 2.88 Å². The Balaban J connectivity index is 2.39. The summed E-state index contributed by atoms with van der Waals surface area (Å²) in [5.41, 5.74) is 0.588. The maximum Gasteiger partial charge on any atom is 0.305 e. The zero-order chi connectivity index (χ0) is 10.6. The molecule has 0 unspecified atom stereocenters. The van der Waals surface area contributed by atoms with Crippen LogP contribution >= 0.6 is 33.9 Å². The predicted octanol–water partition coefficient (Wildman–Crippen LogP) is 1.56. The molecule has 1 rings (SSSR count). The van der Waals surface area contributed by atoms with Gasteiger partial charge in [-0.05, 0) is 28.7 Å². The number of aliphatic carboxylic acids is 1. The van der Waals surface area contributed by atoms with E-state index in [2.05, 4.69) is 27.9 Å². The number of carboxylic acids is 1. The van der Waals surface area contributed by atoms with Crippen LogP contribution in [0.5, 0.6) is 0 Å². The lowest BCUT2D eigenvalue weighted by Crippen LogP contribution is -2.25. The van der Waals surface area contributed by atoms with Crippen molar-refractivity contribution >= 4 is 45.8 Å². The number of carbonyl (C=O) groups is 2. The third kappa shape index (κ3) is 3.62. The standard InChI is InChI=1S/C8H8INO3S/c9-6-3-5(4-14-6)8(13)10-2-1-7(11)12/h3-4H,1-2H2,(H,10,13)(H,11,12). The fourth-order valence-electron chi connectivity index (χ4n) is 0.814. The Labute approximate surface area is 98.5 Å². The summed E-state index contributed by atoms with van der Waals surface area (Å²) in [5, 5.41) is 12.6. The molecule has 0 atom stereocenters. The number of amides is 1. The number of halogens is 1. The second-order valence-corrected chi connectivity index (χ2v) is 5.34. The molecule has 2 N–H and O–H groups in total. The molecule has 1 amide bonds. The van der Waals surface area contributed by atoms with E-state index in [1.807, 2.05) is 0 Å². The number of rotatable bonds is 4. The minimum absolute atomic E-state index is 0.0486. The first kappa shape index (κ1) is 11.4. The highest BCUT2D eigenvalue weighted by Gasteiger charge is 2.07. The molecule has 0 spiro atoms. The summed E-state index contributed by atoms with van der Waals surface area (Å²) in [6.45, 7) is 0.167. The van der Waals surface area contributed by atoms with Crippen LogP contribution in [0.25, 0.3) is 0 Å². The smallest absolute Gasteiger partial charge is 0.305 e. The minimum Gasteiger partial charge on any atom is -0.481 e. The Hall–Kier alpha value is -0.630. The summed E-state index contributed by atoms with van der Waals surface area (Å²) in [6, 6.07) is 1.77. The highest BCUT2D eigenvalue weighted by molar-refractivity contribution is 14.1. The fraction of sp³-hybridized carbons (Fsp3) is 0.250. The van der Waals surface area contributed by atoms with Crippen molar-refractivity contribution in [2.75, 3.05) is 6.54 Å². The summed E-state index contributed by atoms with van der Waals surface area (Å²) in [4.78, 5) is 21.5. The number of hydrogen-bond donors (Lipinski definition) is 2. The van der Waals surface area contributed by atoms with E-state index in [-0.39, 0.29) is 18.9 Å². The monoisotopic (exact) mass is 325 g/mol. The second-order valence-electron chi connectivity index (χ2n) is 2.54. The summed E-state index contributed by atoms with van der Waals surface area (Å²) in [7, 11) is 0. The van der Waals surface area contributed by atoms with Gasteiger partial charge in [0.05, 0.1) is 14.9 Å². The van der Waals surface area contributed by atoms with Crippen molar-refractivity contribution in [3.63, 3.8) is 0 Å². The summed E-state index contributed by atoms with van der Waals surface area (Å²) >= 11 is 3.61. The predicted molar refractivity (Wildman–Crippen MR) is 61.6 cm³/mol. The lowest BCUT2D eigenvalue weighted by atomic mass is 10.3. The molecule has 76 valence electrons.